The molecule has 9 heteroatoms. The van der Waals surface area contributed by atoms with Crippen molar-refractivity contribution >= 4 is 34.6 Å². The number of carbonyl (C=O) groups excluding carboxylic acids is 1. The highest BCUT2D eigenvalue weighted by molar-refractivity contribution is 7.71. The van der Waals surface area contributed by atoms with Crippen molar-refractivity contribution in [2.75, 3.05) is 12.4 Å². The van der Waals surface area contributed by atoms with Crippen molar-refractivity contribution in [3.05, 3.63) is 39.6 Å². The van der Waals surface area contributed by atoms with E-state index in [1.807, 2.05) is 38.1 Å². The van der Waals surface area contributed by atoms with E-state index in [0.717, 1.165) is 28.3 Å². The molecular weight excluding hydrogens is 370 g/mol. The highest BCUT2D eigenvalue weighted by atomic mass is 32.1. The molecule has 0 aliphatic rings. The maximum atomic E-state index is 12.5. The standard InChI is InChI=1S/C17H19N5O2S2/c1-4-13-10(2)26-16(18-13)19-14(23)9-22-15(20-21-17(22)25)11-5-7-12(24-3)8-6-11/h5-8H,4,9H2,1-3H3,(H,21,25)(H,18,19,23). The predicted octanol–water partition coefficient (Wildman–Crippen LogP) is 3.58. The van der Waals surface area contributed by atoms with Gasteiger partial charge in [-0.15, -0.1) is 11.3 Å². The molecule has 3 rings (SSSR count). The Bertz CT molecular complexity index is 972. The van der Waals surface area contributed by atoms with E-state index in [1.165, 1.54) is 11.3 Å². The SMILES string of the molecule is CCc1nc(NC(=O)Cn2c(-c3ccc(OC)cc3)n[nH]c2=S)sc1C. The van der Waals surface area contributed by atoms with Crippen molar-refractivity contribution in [3.63, 3.8) is 0 Å². The van der Waals surface area contributed by atoms with E-state index in [1.54, 1.807) is 11.7 Å². The smallest absolute Gasteiger partial charge is 0.246 e. The number of benzene rings is 1. The Labute approximate surface area is 160 Å². The minimum Gasteiger partial charge on any atom is -0.497 e. The summed E-state index contributed by atoms with van der Waals surface area (Å²) < 4.78 is 7.21. The van der Waals surface area contributed by atoms with Crippen LogP contribution >= 0.6 is 23.6 Å². The maximum absolute atomic E-state index is 12.5. The van der Waals surface area contributed by atoms with Crippen molar-refractivity contribution in [2.24, 2.45) is 0 Å². The summed E-state index contributed by atoms with van der Waals surface area (Å²) in [6.45, 7) is 4.09. The van der Waals surface area contributed by atoms with Gasteiger partial charge in [-0.3, -0.25) is 14.5 Å². The Morgan fingerprint density at radius 1 is 1.38 bits per heavy atom. The van der Waals surface area contributed by atoms with E-state index >= 15 is 0 Å². The molecule has 0 saturated carbocycles. The normalized spacial score (nSPS) is 10.7. The number of thiazole rings is 1. The molecule has 7 nitrogen and oxygen atoms in total. The molecule has 2 aromatic heterocycles. The van der Waals surface area contributed by atoms with Crippen LogP contribution in [0.2, 0.25) is 0 Å². The molecule has 0 aliphatic carbocycles. The molecule has 0 unspecified atom stereocenters. The lowest BCUT2D eigenvalue weighted by Crippen LogP contribution is -2.19. The number of nitrogens with zero attached hydrogens (tertiary/aromatic N) is 3. The van der Waals surface area contributed by atoms with Gasteiger partial charge in [-0.25, -0.2) is 4.98 Å². The van der Waals surface area contributed by atoms with Gasteiger partial charge in [0, 0.05) is 10.4 Å². The quantitative estimate of drug-likeness (QED) is 0.630. The van der Waals surface area contributed by atoms with Gasteiger partial charge in [0.25, 0.3) is 0 Å². The monoisotopic (exact) mass is 389 g/mol. The van der Waals surface area contributed by atoms with Crippen molar-refractivity contribution in [2.45, 2.75) is 26.8 Å². The number of aromatic nitrogens is 4. The molecule has 3 aromatic rings. The summed E-state index contributed by atoms with van der Waals surface area (Å²) in [5, 5.41) is 10.4. The van der Waals surface area contributed by atoms with Gasteiger partial charge in [0.2, 0.25) is 5.91 Å². The minimum absolute atomic E-state index is 0.0524. The maximum Gasteiger partial charge on any atom is 0.246 e. The van der Waals surface area contributed by atoms with Crippen molar-refractivity contribution in [3.8, 4) is 17.1 Å². The first-order valence-electron chi connectivity index (χ1n) is 8.07. The van der Waals surface area contributed by atoms with Crippen LogP contribution in [0.3, 0.4) is 0 Å². The topological polar surface area (TPSA) is 84.8 Å². The van der Waals surface area contributed by atoms with Crippen molar-refractivity contribution in [1.82, 2.24) is 19.7 Å². The van der Waals surface area contributed by atoms with Gasteiger partial charge in [0.1, 0.15) is 12.3 Å². The Morgan fingerprint density at radius 3 is 2.73 bits per heavy atom. The first-order chi connectivity index (χ1) is 12.5. The number of carbonyl (C=O) groups is 1. The Balaban J connectivity index is 1.79. The number of hydrogen-bond acceptors (Lipinski definition) is 6. The number of rotatable bonds is 6. The van der Waals surface area contributed by atoms with E-state index in [2.05, 4.69) is 20.5 Å². The third-order valence-electron chi connectivity index (χ3n) is 3.88. The van der Waals surface area contributed by atoms with E-state index in [4.69, 9.17) is 17.0 Å². The van der Waals surface area contributed by atoms with Crippen LogP contribution in [0.1, 0.15) is 17.5 Å². The molecule has 0 bridgehead atoms. The third-order valence-corrected chi connectivity index (χ3v) is 5.12. The summed E-state index contributed by atoms with van der Waals surface area (Å²) in [6.07, 6.45) is 0.840. The van der Waals surface area contributed by atoms with E-state index in [0.29, 0.717) is 15.7 Å². The Hall–Kier alpha value is -2.52. The number of ether oxygens (including phenoxy) is 1. The molecular formula is C17H19N5O2S2. The lowest BCUT2D eigenvalue weighted by Gasteiger charge is -2.07. The molecule has 2 heterocycles. The molecule has 1 amide bonds. The summed E-state index contributed by atoms with van der Waals surface area (Å²) in [4.78, 5) is 18.0. The van der Waals surface area contributed by atoms with Gasteiger partial charge in [0.05, 0.1) is 12.8 Å². The van der Waals surface area contributed by atoms with Gasteiger partial charge in [-0.05, 0) is 49.8 Å². The van der Waals surface area contributed by atoms with Crippen LogP contribution in [-0.4, -0.2) is 32.8 Å². The molecule has 0 radical (unpaired) electrons. The van der Waals surface area contributed by atoms with E-state index < -0.39 is 0 Å². The fourth-order valence-electron chi connectivity index (χ4n) is 2.54. The number of nitrogens with one attached hydrogen (secondary N) is 2. The molecule has 2 N–H and O–H groups in total. The number of anilines is 1. The number of amides is 1. The van der Waals surface area contributed by atoms with Crippen LogP contribution in [-0.2, 0) is 17.8 Å². The zero-order valence-corrected chi connectivity index (χ0v) is 16.3. The van der Waals surface area contributed by atoms with Crippen LogP contribution in [0.15, 0.2) is 24.3 Å². The summed E-state index contributed by atoms with van der Waals surface area (Å²) in [5.41, 5.74) is 1.84. The van der Waals surface area contributed by atoms with Gasteiger partial charge < -0.3 is 10.1 Å². The van der Waals surface area contributed by atoms with Gasteiger partial charge >= 0.3 is 0 Å². The second-order valence-electron chi connectivity index (χ2n) is 5.59. The average molecular weight is 390 g/mol. The predicted molar refractivity (Wildman–Crippen MR) is 104 cm³/mol. The molecule has 0 saturated heterocycles. The Morgan fingerprint density at radius 2 is 2.12 bits per heavy atom. The molecule has 0 atom stereocenters. The molecule has 26 heavy (non-hydrogen) atoms. The summed E-state index contributed by atoms with van der Waals surface area (Å²) in [7, 11) is 1.61. The lowest BCUT2D eigenvalue weighted by atomic mass is 10.2. The second-order valence-corrected chi connectivity index (χ2v) is 7.18. The van der Waals surface area contributed by atoms with Crippen LogP contribution in [0.5, 0.6) is 5.75 Å². The first-order valence-corrected chi connectivity index (χ1v) is 9.30. The summed E-state index contributed by atoms with van der Waals surface area (Å²) in [5.74, 6) is 1.14. The van der Waals surface area contributed by atoms with Crippen molar-refractivity contribution in [1.29, 1.82) is 0 Å². The van der Waals surface area contributed by atoms with E-state index in [9.17, 15) is 4.79 Å². The van der Waals surface area contributed by atoms with Gasteiger partial charge in [-0.2, -0.15) is 5.10 Å². The first kappa shape index (κ1) is 18.3. The fourth-order valence-corrected chi connectivity index (χ4v) is 3.65. The van der Waals surface area contributed by atoms with Crippen LogP contribution < -0.4 is 10.1 Å². The Kier molecular flexibility index (Phi) is 5.48. The number of H-pyrrole nitrogens is 1. The zero-order chi connectivity index (χ0) is 18.7. The highest BCUT2D eigenvalue weighted by Gasteiger charge is 2.14. The van der Waals surface area contributed by atoms with E-state index in [-0.39, 0.29) is 12.5 Å². The minimum atomic E-state index is -0.200. The lowest BCUT2D eigenvalue weighted by molar-refractivity contribution is -0.116. The van der Waals surface area contributed by atoms with Crippen molar-refractivity contribution < 1.29 is 9.53 Å². The second kappa shape index (κ2) is 7.79. The summed E-state index contributed by atoms with van der Waals surface area (Å²) >= 11 is 6.75. The molecule has 0 fully saturated rings. The number of aromatic amines is 1. The number of methoxy groups -OCH3 is 1. The van der Waals surface area contributed by atoms with Gasteiger partial charge in [0.15, 0.2) is 15.7 Å². The molecule has 136 valence electrons. The average Bonchev–Trinajstić information content (AvgIpc) is 3.17. The molecule has 1 aromatic carbocycles. The van der Waals surface area contributed by atoms with Crippen LogP contribution in [0.25, 0.3) is 11.4 Å². The zero-order valence-electron chi connectivity index (χ0n) is 14.7. The van der Waals surface area contributed by atoms with Crippen LogP contribution in [0.4, 0.5) is 5.13 Å². The third kappa shape index (κ3) is 3.83. The molecule has 0 spiro atoms. The van der Waals surface area contributed by atoms with Gasteiger partial charge in [-0.1, -0.05) is 6.92 Å². The largest absolute Gasteiger partial charge is 0.497 e. The fraction of sp³-hybridized carbons (Fsp3) is 0.294. The molecule has 0 aliphatic heterocycles. The van der Waals surface area contributed by atoms with Crippen LogP contribution in [0, 0.1) is 11.7 Å². The number of aryl methyl sites for hydroxylation is 2. The number of hydrogen-bond donors (Lipinski definition) is 2. The summed E-state index contributed by atoms with van der Waals surface area (Å²) in [6, 6.07) is 7.41. The highest BCUT2D eigenvalue weighted by Crippen LogP contribution is 2.23.